The van der Waals surface area contributed by atoms with Crippen LogP contribution in [0.2, 0.25) is 0 Å². The van der Waals surface area contributed by atoms with Gasteiger partial charge in [-0.2, -0.15) is 0 Å². The molecule has 0 aromatic heterocycles. The van der Waals surface area contributed by atoms with E-state index in [-0.39, 0.29) is 18.2 Å². The summed E-state index contributed by atoms with van der Waals surface area (Å²) in [5.41, 5.74) is 1.33. The van der Waals surface area contributed by atoms with Crippen molar-refractivity contribution >= 4 is 15.9 Å². The fraction of sp³-hybridized carbons (Fsp3) is 0.500. The normalized spacial score (nSPS) is 11.3. The first-order valence-electron chi connectivity index (χ1n) is 6.63. The lowest BCUT2D eigenvalue weighted by Gasteiger charge is -2.11. The Morgan fingerprint density at radius 1 is 1.30 bits per heavy atom. The molecule has 0 aliphatic carbocycles. The molecule has 0 radical (unpaired) electrons. The van der Waals surface area contributed by atoms with Crippen molar-refractivity contribution in [2.75, 3.05) is 19.8 Å². The van der Waals surface area contributed by atoms with Gasteiger partial charge in [0.15, 0.2) is 0 Å². The molecular formula is C14H22N2O3S. The van der Waals surface area contributed by atoms with E-state index < -0.39 is 10.0 Å². The van der Waals surface area contributed by atoms with E-state index >= 15 is 0 Å². The first kappa shape index (κ1) is 16.7. The summed E-state index contributed by atoms with van der Waals surface area (Å²) in [5, 5.41) is 0. The number of carbonyl (C=O) groups is 1. The van der Waals surface area contributed by atoms with Gasteiger partial charge in [-0.05, 0) is 24.1 Å². The van der Waals surface area contributed by atoms with Crippen molar-refractivity contribution in [3.63, 3.8) is 0 Å². The Balaban J connectivity index is 2.70. The second-order valence-corrected chi connectivity index (χ2v) is 6.82. The Morgan fingerprint density at radius 2 is 2.00 bits per heavy atom. The zero-order valence-electron chi connectivity index (χ0n) is 12.2. The number of carbonyl (C=O) groups excluding carboxylic acids is 1. The number of hydrogen-bond donors (Lipinski definition) is 1. The van der Waals surface area contributed by atoms with E-state index in [2.05, 4.69) is 4.72 Å². The van der Waals surface area contributed by atoms with Gasteiger partial charge in [-0.25, -0.2) is 13.1 Å². The first-order valence-corrected chi connectivity index (χ1v) is 8.29. The lowest BCUT2D eigenvalue weighted by Crippen LogP contribution is -2.26. The SMILES string of the molecule is CCCCS(=O)(=O)NCc1cccc(C(=O)N(C)C)c1. The number of nitrogens with zero attached hydrogens (tertiary/aromatic N) is 1. The summed E-state index contributed by atoms with van der Waals surface area (Å²) in [6, 6.07) is 6.99. The van der Waals surface area contributed by atoms with Gasteiger partial charge in [0, 0.05) is 26.2 Å². The summed E-state index contributed by atoms with van der Waals surface area (Å²) >= 11 is 0. The molecule has 0 saturated carbocycles. The first-order chi connectivity index (χ1) is 9.35. The summed E-state index contributed by atoms with van der Waals surface area (Å²) in [5.74, 6) is 0.0421. The second-order valence-electron chi connectivity index (χ2n) is 4.89. The highest BCUT2D eigenvalue weighted by Gasteiger charge is 2.11. The molecule has 1 amide bonds. The van der Waals surface area contributed by atoms with Gasteiger partial charge in [0.1, 0.15) is 0 Å². The van der Waals surface area contributed by atoms with E-state index in [9.17, 15) is 13.2 Å². The third-order valence-electron chi connectivity index (χ3n) is 2.84. The van der Waals surface area contributed by atoms with Gasteiger partial charge in [0.05, 0.1) is 5.75 Å². The summed E-state index contributed by atoms with van der Waals surface area (Å²) in [4.78, 5) is 13.3. The van der Waals surface area contributed by atoms with Crippen molar-refractivity contribution in [3.8, 4) is 0 Å². The fourth-order valence-electron chi connectivity index (χ4n) is 1.67. The molecule has 6 heteroatoms. The number of amides is 1. The quantitative estimate of drug-likeness (QED) is 0.831. The number of hydrogen-bond acceptors (Lipinski definition) is 3. The van der Waals surface area contributed by atoms with Crippen molar-refractivity contribution < 1.29 is 13.2 Å². The Hall–Kier alpha value is -1.40. The van der Waals surface area contributed by atoms with Gasteiger partial charge in [-0.15, -0.1) is 0 Å². The van der Waals surface area contributed by atoms with Gasteiger partial charge < -0.3 is 4.90 Å². The maximum Gasteiger partial charge on any atom is 0.253 e. The fourth-order valence-corrected chi connectivity index (χ4v) is 2.87. The van der Waals surface area contributed by atoms with Crippen LogP contribution in [0.4, 0.5) is 0 Å². The molecule has 20 heavy (non-hydrogen) atoms. The summed E-state index contributed by atoms with van der Waals surface area (Å²) in [7, 11) is 0.129. The Bertz CT molecular complexity index is 553. The highest BCUT2D eigenvalue weighted by atomic mass is 32.2. The average Bonchev–Trinajstić information content (AvgIpc) is 2.42. The number of nitrogens with one attached hydrogen (secondary N) is 1. The molecule has 0 aliphatic heterocycles. The van der Waals surface area contributed by atoms with Crippen molar-refractivity contribution in [2.24, 2.45) is 0 Å². The number of sulfonamides is 1. The molecule has 0 unspecified atom stereocenters. The standard InChI is InChI=1S/C14H22N2O3S/c1-4-5-9-20(18,19)15-11-12-7-6-8-13(10-12)14(17)16(2)3/h6-8,10,15H,4-5,9,11H2,1-3H3. The monoisotopic (exact) mass is 298 g/mol. The van der Waals surface area contributed by atoms with E-state index in [1.54, 1.807) is 38.4 Å². The third kappa shape index (κ3) is 5.30. The van der Waals surface area contributed by atoms with Crippen LogP contribution in [0.25, 0.3) is 0 Å². The Labute approximate surface area is 121 Å². The maximum absolute atomic E-state index is 11.8. The van der Waals surface area contributed by atoms with Crippen LogP contribution in [0.3, 0.4) is 0 Å². The maximum atomic E-state index is 11.8. The molecule has 1 aromatic carbocycles. The summed E-state index contributed by atoms with van der Waals surface area (Å²) in [6.07, 6.45) is 1.49. The molecule has 0 bridgehead atoms. The zero-order valence-corrected chi connectivity index (χ0v) is 13.0. The third-order valence-corrected chi connectivity index (χ3v) is 4.25. The van der Waals surface area contributed by atoms with Crippen molar-refractivity contribution in [1.29, 1.82) is 0 Å². The molecule has 0 heterocycles. The van der Waals surface area contributed by atoms with Crippen LogP contribution in [0, 0.1) is 0 Å². The number of unbranched alkanes of at least 4 members (excludes halogenated alkanes) is 1. The molecule has 0 fully saturated rings. The molecular weight excluding hydrogens is 276 g/mol. The highest BCUT2D eigenvalue weighted by molar-refractivity contribution is 7.89. The topological polar surface area (TPSA) is 66.5 Å². The van der Waals surface area contributed by atoms with E-state index in [1.807, 2.05) is 6.92 Å². The van der Waals surface area contributed by atoms with Gasteiger partial charge in [-0.3, -0.25) is 4.79 Å². The number of rotatable bonds is 7. The zero-order chi connectivity index (χ0) is 15.2. The second kappa shape index (κ2) is 7.40. The van der Waals surface area contributed by atoms with Gasteiger partial charge in [0.2, 0.25) is 10.0 Å². The lowest BCUT2D eigenvalue weighted by atomic mass is 10.1. The van der Waals surface area contributed by atoms with Gasteiger partial charge >= 0.3 is 0 Å². The molecule has 0 saturated heterocycles. The molecule has 0 aliphatic rings. The predicted molar refractivity (Wildman–Crippen MR) is 80.0 cm³/mol. The van der Waals surface area contributed by atoms with Crippen LogP contribution in [-0.2, 0) is 16.6 Å². The Kier molecular flexibility index (Phi) is 6.16. The van der Waals surface area contributed by atoms with Crippen LogP contribution in [-0.4, -0.2) is 39.1 Å². The van der Waals surface area contributed by atoms with Crippen molar-refractivity contribution in [2.45, 2.75) is 26.3 Å². The summed E-state index contributed by atoms with van der Waals surface area (Å²) < 4.78 is 26.0. The highest BCUT2D eigenvalue weighted by Crippen LogP contribution is 2.08. The largest absolute Gasteiger partial charge is 0.345 e. The van der Waals surface area contributed by atoms with Crippen LogP contribution in [0.15, 0.2) is 24.3 Å². The van der Waals surface area contributed by atoms with Crippen molar-refractivity contribution in [1.82, 2.24) is 9.62 Å². The minimum absolute atomic E-state index is 0.0966. The van der Waals surface area contributed by atoms with E-state index in [0.29, 0.717) is 12.0 Å². The molecule has 0 spiro atoms. The summed E-state index contributed by atoms with van der Waals surface area (Å²) in [6.45, 7) is 2.16. The smallest absolute Gasteiger partial charge is 0.253 e. The van der Waals surface area contributed by atoms with Crippen LogP contribution in [0.5, 0.6) is 0 Å². The molecule has 1 rings (SSSR count). The Morgan fingerprint density at radius 3 is 2.60 bits per heavy atom. The van der Waals surface area contributed by atoms with E-state index in [1.165, 1.54) is 4.90 Å². The average molecular weight is 298 g/mol. The van der Waals surface area contributed by atoms with Gasteiger partial charge in [-0.1, -0.05) is 25.5 Å². The van der Waals surface area contributed by atoms with Crippen molar-refractivity contribution in [3.05, 3.63) is 35.4 Å². The minimum Gasteiger partial charge on any atom is -0.345 e. The van der Waals surface area contributed by atoms with Gasteiger partial charge in [0.25, 0.3) is 5.91 Å². The van der Waals surface area contributed by atoms with E-state index in [0.717, 1.165) is 12.0 Å². The predicted octanol–water partition coefficient (Wildman–Crippen LogP) is 1.61. The molecule has 1 aromatic rings. The van der Waals surface area contributed by atoms with E-state index in [4.69, 9.17) is 0 Å². The molecule has 112 valence electrons. The molecule has 1 N–H and O–H groups in total. The van der Waals surface area contributed by atoms with Crippen LogP contribution in [0.1, 0.15) is 35.7 Å². The molecule has 0 atom stereocenters. The number of benzene rings is 1. The molecule has 5 nitrogen and oxygen atoms in total. The minimum atomic E-state index is -3.24. The van der Waals surface area contributed by atoms with Crippen LogP contribution >= 0.6 is 0 Å². The lowest BCUT2D eigenvalue weighted by molar-refractivity contribution is 0.0827. The van der Waals surface area contributed by atoms with Crippen LogP contribution < -0.4 is 4.72 Å².